The Labute approximate surface area is 175 Å². The highest BCUT2D eigenvalue weighted by Gasteiger charge is 2.36. The van der Waals surface area contributed by atoms with E-state index in [-0.39, 0.29) is 17.7 Å². The van der Waals surface area contributed by atoms with Gasteiger partial charge in [-0.15, -0.1) is 11.3 Å². The van der Waals surface area contributed by atoms with Crippen LogP contribution in [0.3, 0.4) is 0 Å². The molecule has 1 heterocycles. The number of aliphatic carboxylic acids is 1. The lowest BCUT2D eigenvalue weighted by atomic mass is 9.72. The van der Waals surface area contributed by atoms with Gasteiger partial charge in [0, 0.05) is 16.8 Å². The molecular formula is C22H28NO5S-. The van der Waals surface area contributed by atoms with Crippen LogP contribution in [0.15, 0.2) is 12.2 Å². The molecule has 0 saturated heterocycles. The van der Waals surface area contributed by atoms with E-state index in [1.165, 1.54) is 18.4 Å². The number of hydrogen-bond acceptors (Lipinski definition) is 6. The Morgan fingerprint density at radius 2 is 1.83 bits per heavy atom. The summed E-state index contributed by atoms with van der Waals surface area (Å²) >= 11 is 1.41. The van der Waals surface area contributed by atoms with Crippen LogP contribution in [0.25, 0.3) is 0 Å². The van der Waals surface area contributed by atoms with Crippen molar-refractivity contribution in [1.29, 1.82) is 0 Å². The number of thiophene rings is 1. The molecule has 1 aromatic rings. The van der Waals surface area contributed by atoms with Gasteiger partial charge in [0.15, 0.2) is 0 Å². The number of ether oxygens (including phenoxy) is 1. The van der Waals surface area contributed by atoms with Gasteiger partial charge in [-0.1, -0.05) is 32.9 Å². The fourth-order valence-corrected chi connectivity index (χ4v) is 5.62. The van der Waals surface area contributed by atoms with Gasteiger partial charge in [-0.05, 0) is 49.0 Å². The molecule has 0 unspecified atom stereocenters. The first-order chi connectivity index (χ1) is 13.6. The maximum absolute atomic E-state index is 12.9. The van der Waals surface area contributed by atoms with Crippen LogP contribution in [0, 0.1) is 23.2 Å². The summed E-state index contributed by atoms with van der Waals surface area (Å²) in [5.41, 5.74) is 1.54. The minimum Gasteiger partial charge on any atom is -0.550 e. The monoisotopic (exact) mass is 418 g/mol. The summed E-state index contributed by atoms with van der Waals surface area (Å²) in [6.45, 7) is 6.66. The third-order valence-corrected chi connectivity index (χ3v) is 7.36. The number of carboxylic acids is 1. The van der Waals surface area contributed by atoms with Crippen LogP contribution in [0.2, 0.25) is 0 Å². The standard InChI is InChI=1S/C22H29NO5S/c1-22(2,3)12-9-10-15-16(11-12)29-19(17(15)21(27)28-4)23-18(24)13-7-5-6-8-14(13)20(25)26/h5-6,12-14H,7-11H2,1-4H3,(H,23,24)(H,25,26)/p-1/t12-,13+,14+/m1/s1. The highest BCUT2D eigenvalue weighted by molar-refractivity contribution is 7.17. The number of nitrogens with one attached hydrogen (secondary N) is 1. The van der Waals surface area contributed by atoms with E-state index in [4.69, 9.17) is 4.74 Å². The Hall–Kier alpha value is -2.15. The first-order valence-corrected chi connectivity index (χ1v) is 10.8. The van der Waals surface area contributed by atoms with E-state index in [1.54, 1.807) is 6.08 Å². The number of amides is 1. The molecule has 0 aliphatic heterocycles. The number of carbonyl (C=O) groups excluding carboxylic acids is 3. The second kappa shape index (κ2) is 8.30. The van der Waals surface area contributed by atoms with Crippen LogP contribution < -0.4 is 10.4 Å². The maximum atomic E-state index is 12.9. The van der Waals surface area contributed by atoms with E-state index >= 15 is 0 Å². The number of esters is 1. The molecule has 2 aliphatic rings. The summed E-state index contributed by atoms with van der Waals surface area (Å²) in [5.74, 6) is -3.15. The number of hydrogen-bond donors (Lipinski definition) is 1. The third-order valence-electron chi connectivity index (χ3n) is 6.19. The Morgan fingerprint density at radius 3 is 2.41 bits per heavy atom. The summed E-state index contributed by atoms with van der Waals surface area (Å²) in [5, 5.41) is 14.7. The predicted molar refractivity (Wildman–Crippen MR) is 110 cm³/mol. The van der Waals surface area contributed by atoms with Gasteiger partial charge in [-0.25, -0.2) is 4.79 Å². The average Bonchev–Trinajstić information content (AvgIpc) is 3.03. The molecule has 0 aromatic carbocycles. The van der Waals surface area contributed by atoms with Crippen molar-refractivity contribution in [2.45, 2.75) is 52.9 Å². The van der Waals surface area contributed by atoms with Gasteiger partial charge in [0.05, 0.1) is 18.6 Å². The van der Waals surface area contributed by atoms with E-state index in [9.17, 15) is 19.5 Å². The second-order valence-electron chi connectivity index (χ2n) is 8.97. The van der Waals surface area contributed by atoms with Gasteiger partial charge in [-0.2, -0.15) is 0 Å². The maximum Gasteiger partial charge on any atom is 0.341 e. The fourth-order valence-electron chi connectivity index (χ4n) is 4.30. The minimum atomic E-state index is -1.22. The molecule has 1 N–H and O–H groups in total. The molecule has 3 atom stereocenters. The predicted octanol–water partition coefficient (Wildman–Crippen LogP) is 2.96. The molecule has 1 amide bonds. The first kappa shape index (κ1) is 21.6. The summed E-state index contributed by atoms with van der Waals surface area (Å²) < 4.78 is 4.98. The largest absolute Gasteiger partial charge is 0.550 e. The van der Waals surface area contributed by atoms with Crippen LogP contribution in [-0.2, 0) is 27.2 Å². The lowest BCUT2D eigenvalue weighted by Gasteiger charge is -2.33. The van der Waals surface area contributed by atoms with Crippen LogP contribution in [0.1, 0.15) is 60.8 Å². The van der Waals surface area contributed by atoms with Crippen molar-refractivity contribution in [3.05, 3.63) is 28.2 Å². The molecule has 0 bridgehead atoms. The van der Waals surface area contributed by atoms with Gasteiger partial charge < -0.3 is 20.0 Å². The Kier molecular flexibility index (Phi) is 6.17. The quantitative estimate of drug-likeness (QED) is 0.599. The molecule has 2 aliphatic carbocycles. The van der Waals surface area contributed by atoms with Crippen molar-refractivity contribution in [2.75, 3.05) is 12.4 Å². The molecule has 0 saturated carbocycles. The van der Waals surface area contributed by atoms with E-state index in [0.29, 0.717) is 22.9 Å². The summed E-state index contributed by atoms with van der Waals surface area (Å²) in [6, 6.07) is 0. The Morgan fingerprint density at radius 1 is 1.17 bits per heavy atom. The molecular weight excluding hydrogens is 390 g/mol. The van der Waals surface area contributed by atoms with Gasteiger partial charge in [0.1, 0.15) is 5.00 Å². The third kappa shape index (κ3) is 4.39. The SMILES string of the molecule is COC(=O)c1c(NC(=O)[C@H]2CC=CC[C@@H]2C(=O)[O-])sc2c1CC[C@@H](C(C)(C)C)C2. The summed E-state index contributed by atoms with van der Waals surface area (Å²) in [7, 11) is 1.33. The highest BCUT2D eigenvalue weighted by Crippen LogP contribution is 2.44. The molecule has 158 valence electrons. The Bertz CT molecular complexity index is 848. The van der Waals surface area contributed by atoms with Crippen molar-refractivity contribution < 1.29 is 24.2 Å². The molecule has 29 heavy (non-hydrogen) atoms. The average molecular weight is 419 g/mol. The molecule has 0 fully saturated rings. The van der Waals surface area contributed by atoms with Crippen molar-refractivity contribution in [1.82, 2.24) is 0 Å². The number of anilines is 1. The smallest absolute Gasteiger partial charge is 0.341 e. The highest BCUT2D eigenvalue weighted by atomic mass is 32.1. The zero-order valence-corrected chi connectivity index (χ0v) is 18.2. The summed E-state index contributed by atoms with van der Waals surface area (Å²) in [4.78, 5) is 37.9. The molecule has 0 radical (unpaired) electrons. The minimum absolute atomic E-state index is 0.159. The second-order valence-corrected chi connectivity index (χ2v) is 10.1. The fraction of sp³-hybridized carbons (Fsp3) is 0.591. The van der Waals surface area contributed by atoms with Crippen LogP contribution >= 0.6 is 11.3 Å². The van der Waals surface area contributed by atoms with Gasteiger partial charge in [0.25, 0.3) is 0 Å². The summed E-state index contributed by atoms with van der Waals surface area (Å²) in [6.07, 6.45) is 6.80. The van der Waals surface area contributed by atoms with E-state index in [2.05, 4.69) is 26.1 Å². The zero-order valence-electron chi connectivity index (χ0n) is 17.4. The molecule has 3 rings (SSSR count). The lowest BCUT2D eigenvalue weighted by Crippen LogP contribution is -2.41. The number of rotatable bonds is 4. The molecule has 0 spiro atoms. The van der Waals surface area contributed by atoms with Crippen molar-refractivity contribution in [3.8, 4) is 0 Å². The van der Waals surface area contributed by atoms with Crippen LogP contribution in [-0.4, -0.2) is 25.0 Å². The molecule has 6 nitrogen and oxygen atoms in total. The van der Waals surface area contributed by atoms with Crippen molar-refractivity contribution in [2.24, 2.45) is 23.2 Å². The van der Waals surface area contributed by atoms with Crippen molar-refractivity contribution in [3.63, 3.8) is 0 Å². The number of allylic oxidation sites excluding steroid dienone is 2. The number of methoxy groups -OCH3 is 1. The first-order valence-electron chi connectivity index (χ1n) is 10.0. The lowest BCUT2D eigenvalue weighted by molar-refractivity contribution is -0.313. The normalized spacial score (nSPS) is 23.9. The van der Waals surface area contributed by atoms with Crippen LogP contribution in [0.5, 0.6) is 0 Å². The zero-order chi connectivity index (χ0) is 21.3. The topological polar surface area (TPSA) is 95.5 Å². The van der Waals surface area contributed by atoms with Crippen LogP contribution in [0.4, 0.5) is 5.00 Å². The van der Waals surface area contributed by atoms with E-state index < -0.39 is 23.8 Å². The van der Waals surface area contributed by atoms with E-state index in [0.717, 1.165) is 29.7 Å². The molecule has 1 aromatic heterocycles. The number of carbonyl (C=O) groups is 3. The number of carboxylic acid groups (broad SMARTS) is 1. The van der Waals surface area contributed by atoms with Gasteiger partial charge in [-0.3, -0.25) is 4.79 Å². The Balaban J connectivity index is 1.90. The molecule has 7 heteroatoms. The van der Waals surface area contributed by atoms with Gasteiger partial charge in [0.2, 0.25) is 5.91 Å². The van der Waals surface area contributed by atoms with Crippen molar-refractivity contribution >= 4 is 34.2 Å². The van der Waals surface area contributed by atoms with E-state index in [1.807, 2.05) is 6.08 Å². The number of fused-ring (bicyclic) bond motifs is 1. The van der Waals surface area contributed by atoms with Gasteiger partial charge >= 0.3 is 5.97 Å².